The van der Waals surface area contributed by atoms with Crippen molar-refractivity contribution in [1.29, 1.82) is 0 Å². The van der Waals surface area contributed by atoms with Gasteiger partial charge >= 0.3 is 0 Å². The third kappa shape index (κ3) is 3.30. The van der Waals surface area contributed by atoms with Crippen molar-refractivity contribution in [3.63, 3.8) is 0 Å². The zero-order valence-corrected chi connectivity index (χ0v) is 12.6. The van der Waals surface area contributed by atoms with Crippen molar-refractivity contribution < 1.29 is 13.2 Å². The van der Waals surface area contributed by atoms with E-state index in [2.05, 4.69) is 0 Å². The van der Waals surface area contributed by atoms with Crippen LogP contribution in [0.2, 0.25) is 5.02 Å². The Bertz CT molecular complexity index is 717. The normalized spacial score (nSPS) is 11.4. The lowest BCUT2D eigenvalue weighted by Gasteiger charge is -2.10. The monoisotopic (exact) mass is 311 g/mol. The average molecular weight is 312 g/mol. The number of aryl methyl sites for hydroxylation is 2. The molecular formula is C14H14ClNO3S. The van der Waals surface area contributed by atoms with E-state index in [9.17, 15) is 8.42 Å². The van der Waals surface area contributed by atoms with E-state index in [4.69, 9.17) is 21.5 Å². The van der Waals surface area contributed by atoms with Crippen LogP contribution >= 0.6 is 11.6 Å². The summed E-state index contributed by atoms with van der Waals surface area (Å²) >= 11 is 6.09. The smallest absolute Gasteiger partial charge is 0.238 e. The predicted octanol–water partition coefficient (Wildman–Crippen LogP) is 3.40. The molecule has 6 heteroatoms. The van der Waals surface area contributed by atoms with E-state index >= 15 is 0 Å². The molecule has 4 nitrogen and oxygen atoms in total. The molecule has 20 heavy (non-hydrogen) atoms. The van der Waals surface area contributed by atoms with Gasteiger partial charge in [0.2, 0.25) is 10.0 Å². The lowest BCUT2D eigenvalue weighted by Crippen LogP contribution is -2.11. The molecule has 0 heterocycles. The van der Waals surface area contributed by atoms with Crippen molar-refractivity contribution in [3.05, 3.63) is 52.5 Å². The maximum atomic E-state index is 11.2. The molecule has 2 aromatic carbocycles. The predicted molar refractivity (Wildman–Crippen MR) is 78.8 cm³/mol. The molecule has 0 amide bonds. The molecule has 0 fully saturated rings. The Hall–Kier alpha value is -1.56. The van der Waals surface area contributed by atoms with E-state index in [1.807, 2.05) is 26.0 Å². The number of halogens is 1. The van der Waals surface area contributed by atoms with E-state index in [0.29, 0.717) is 16.5 Å². The fourth-order valence-corrected chi connectivity index (χ4v) is 2.42. The first-order chi connectivity index (χ1) is 9.27. The number of nitrogens with two attached hydrogens (primary N) is 1. The van der Waals surface area contributed by atoms with Crippen LogP contribution in [0.5, 0.6) is 11.5 Å². The number of hydrogen-bond acceptors (Lipinski definition) is 3. The number of benzene rings is 2. The second-order valence-electron chi connectivity index (χ2n) is 4.49. The molecule has 0 aliphatic heterocycles. The first-order valence-electron chi connectivity index (χ1n) is 5.85. The van der Waals surface area contributed by atoms with Gasteiger partial charge in [0.15, 0.2) is 0 Å². The molecule has 2 aromatic rings. The van der Waals surface area contributed by atoms with Gasteiger partial charge in [0, 0.05) is 5.02 Å². The Labute approximate surface area is 123 Å². The third-order valence-electron chi connectivity index (χ3n) is 2.80. The molecule has 2 rings (SSSR count). The minimum absolute atomic E-state index is 0.0494. The van der Waals surface area contributed by atoms with Crippen LogP contribution in [0, 0.1) is 13.8 Å². The standard InChI is InChI=1S/C14H14ClNO3S/c1-9-7-12(8-10(2)14(9)15)19-11-3-5-13(6-4-11)20(16,17)18/h3-8H,1-2H3,(H2,16,17,18). The summed E-state index contributed by atoms with van der Waals surface area (Å²) in [4.78, 5) is 0.0494. The summed E-state index contributed by atoms with van der Waals surface area (Å²) < 4.78 is 28.0. The second-order valence-corrected chi connectivity index (χ2v) is 6.43. The molecular weight excluding hydrogens is 298 g/mol. The highest BCUT2D eigenvalue weighted by molar-refractivity contribution is 7.89. The van der Waals surface area contributed by atoms with Crippen LogP contribution < -0.4 is 9.88 Å². The summed E-state index contributed by atoms with van der Waals surface area (Å²) in [7, 11) is -3.68. The van der Waals surface area contributed by atoms with E-state index < -0.39 is 10.0 Å². The molecule has 0 unspecified atom stereocenters. The highest BCUT2D eigenvalue weighted by Gasteiger charge is 2.08. The highest BCUT2D eigenvalue weighted by atomic mass is 35.5. The summed E-state index contributed by atoms with van der Waals surface area (Å²) in [5.41, 5.74) is 1.84. The van der Waals surface area contributed by atoms with Crippen molar-refractivity contribution >= 4 is 21.6 Å². The Morgan fingerprint density at radius 2 is 1.50 bits per heavy atom. The van der Waals surface area contributed by atoms with Crippen LogP contribution in [0.3, 0.4) is 0 Å². The SMILES string of the molecule is Cc1cc(Oc2ccc(S(N)(=O)=O)cc2)cc(C)c1Cl. The van der Waals surface area contributed by atoms with E-state index in [-0.39, 0.29) is 4.90 Å². The lowest BCUT2D eigenvalue weighted by molar-refractivity contribution is 0.481. The van der Waals surface area contributed by atoms with Gasteiger partial charge in [-0.1, -0.05) is 11.6 Å². The van der Waals surface area contributed by atoms with Crippen LogP contribution in [-0.4, -0.2) is 8.42 Å². The minimum Gasteiger partial charge on any atom is -0.457 e. The Morgan fingerprint density at radius 1 is 1.00 bits per heavy atom. The molecule has 0 aliphatic carbocycles. The van der Waals surface area contributed by atoms with Crippen molar-refractivity contribution in [2.24, 2.45) is 5.14 Å². The average Bonchev–Trinajstić information content (AvgIpc) is 2.35. The Balaban J connectivity index is 2.27. The van der Waals surface area contributed by atoms with Crippen LogP contribution in [-0.2, 0) is 10.0 Å². The molecule has 0 spiro atoms. The number of ether oxygens (including phenoxy) is 1. The first-order valence-corrected chi connectivity index (χ1v) is 7.77. The maximum absolute atomic E-state index is 11.2. The number of rotatable bonds is 3. The van der Waals surface area contributed by atoms with Crippen molar-refractivity contribution in [2.75, 3.05) is 0 Å². The van der Waals surface area contributed by atoms with Gasteiger partial charge < -0.3 is 4.74 Å². The summed E-state index contributed by atoms with van der Waals surface area (Å²) in [6, 6.07) is 9.56. The molecule has 0 atom stereocenters. The van der Waals surface area contributed by atoms with Crippen molar-refractivity contribution in [2.45, 2.75) is 18.7 Å². The van der Waals surface area contributed by atoms with E-state index in [1.54, 1.807) is 12.1 Å². The van der Waals surface area contributed by atoms with Gasteiger partial charge in [-0.2, -0.15) is 0 Å². The zero-order chi connectivity index (χ0) is 14.9. The summed E-state index contributed by atoms with van der Waals surface area (Å²) in [6.45, 7) is 3.79. The molecule has 106 valence electrons. The fourth-order valence-electron chi connectivity index (χ4n) is 1.80. The van der Waals surface area contributed by atoms with Gasteiger partial charge in [0.1, 0.15) is 11.5 Å². The van der Waals surface area contributed by atoms with Crippen molar-refractivity contribution in [3.8, 4) is 11.5 Å². The highest BCUT2D eigenvalue weighted by Crippen LogP contribution is 2.29. The fraction of sp³-hybridized carbons (Fsp3) is 0.143. The maximum Gasteiger partial charge on any atom is 0.238 e. The Morgan fingerprint density at radius 3 is 1.95 bits per heavy atom. The van der Waals surface area contributed by atoms with Crippen molar-refractivity contribution in [1.82, 2.24) is 0 Å². The van der Waals surface area contributed by atoms with E-state index in [0.717, 1.165) is 11.1 Å². The van der Waals surface area contributed by atoms with Gasteiger partial charge in [-0.15, -0.1) is 0 Å². The quantitative estimate of drug-likeness (QED) is 0.944. The first kappa shape index (κ1) is 14.8. The molecule has 0 aliphatic rings. The molecule has 0 radical (unpaired) electrons. The molecule has 0 aromatic heterocycles. The van der Waals surface area contributed by atoms with Crippen LogP contribution in [0.25, 0.3) is 0 Å². The molecule has 0 saturated carbocycles. The summed E-state index contributed by atoms with van der Waals surface area (Å²) in [5.74, 6) is 1.17. The van der Waals surface area contributed by atoms with Crippen LogP contribution in [0.1, 0.15) is 11.1 Å². The summed E-state index contributed by atoms with van der Waals surface area (Å²) in [6.07, 6.45) is 0. The van der Waals surface area contributed by atoms with Gasteiger partial charge in [-0.3, -0.25) is 0 Å². The van der Waals surface area contributed by atoms with Gasteiger partial charge in [0.05, 0.1) is 4.90 Å². The van der Waals surface area contributed by atoms with Gasteiger partial charge in [-0.25, -0.2) is 13.6 Å². The number of sulfonamides is 1. The van der Waals surface area contributed by atoms with Gasteiger partial charge in [-0.05, 0) is 61.4 Å². The Kier molecular flexibility index (Phi) is 4.04. The summed E-state index contributed by atoms with van der Waals surface area (Å²) in [5, 5.41) is 5.74. The van der Waals surface area contributed by atoms with Gasteiger partial charge in [0.25, 0.3) is 0 Å². The largest absolute Gasteiger partial charge is 0.457 e. The van der Waals surface area contributed by atoms with E-state index in [1.165, 1.54) is 12.1 Å². The van der Waals surface area contributed by atoms with Crippen LogP contribution in [0.4, 0.5) is 0 Å². The number of primary sulfonamides is 1. The number of hydrogen-bond donors (Lipinski definition) is 1. The zero-order valence-electron chi connectivity index (χ0n) is 11.1. The second kappa shape index (κ2) is 5.44. The minimum atomic E-state index is -3.68. The third-order valence-corrected chi connectivity index (χ3v) is 4.32. The molecule has 0 bridgehead atoms. The molecule has 0 saturated heterocycles. The topological polar surface area (TPSA) is 69.4 Å². The molecule has 2 N–H and O–H groups in total. The lowest BCUT2D eigenvalue weighted by atomic mass is 10.1. The van der Waals surface area contributed by atoms with Crippen LogP contribution in [0.15, 0.2) is 41.3 Å².